The van der Waals surface area contributed by atoms with E-state index in [0.29, 0.717) is 44.3 Å². The molecule has 0 saturated carbocycles. The van der Waals surface area contributed by atoms with E-state index in [-0.39, 0.29) is 5.56 Å². The van der Waals surface area contributed by atoms with Gasteiger partial charge in [-0.15, -0.1) is 0 Å². The van der Waals surface area contributed by atoms with Gasteiger partial charge in [-0.05, 0) is 42.0 Å². The minimum absolute atomic E-state index is 0.286. The zero-order valence-electron chi connectivity index (χ0n) is 14.1. The summed E-state index contributed by atoms with van der Waals surface area (Å²) in [5.41, 5.74) is 2.27. The van der Waals surface area contributed by atoms with Gasteiger partial charge in [0.15, 0.2) is 11.2 Å². The average Bonchev–Trinajstić information content (AvgIpc) is 2.97. The van der Waals surface area contributed by atoms with E-state index in [0.717, 1.165) is 11.1 Å². The molecule has 0 fully saturated rings. The molecule has 1 N–H and O–H groups in total. The molecule has 0 spiro atoms. The van der Waals surface area contributed by atoms with E-state index >= 15 is 0 Å². The lowest BCUT2D eigenvalue weighted by Gasteiger charge is -2.05. The predicted molar refractivity (Wildman–Crippen MR) is 109 cm³/mol. The summed E-state index contributed by atoms with van der Waals surface area (Å²) in [4.78, 5) is 24.4. The number of halogens is 3. The van der Waals surface area contributed by atoms with Crippen LogP contribution in [0.3, 0.4) is 0 Å². The Hall–Kier alpha value is -2.34. The number of imidazole rings is 1. The van der Waals surface area contributed by atoms with Crippen LogP contribution in [0.25, 0.3) is 22.6 Å². The SMILES string of the molecule is Cn1c(-c2ccc(Cl)cc2)nc2c(=O)[nH]c(Cc3ccc(Cl)c(Cl)c3)nc21. The second-order valence-electron chi connectivity index (χ2n) is 6.11. The summed E-state index contributed by atoms with van der Waals surface area (Å²) in [5.74, 6) is 1.17. The van der Waals surface area contributed by atoms with Crippen LogP contribution in [0.2, 0.25) is 15.1 Å². The first-order valence-electron chi connectivity index (χ1n) is 8.08. The maximum absolute atomic E-state index is 12.5. The van der Waals surface area contributed by atoms with Gasteiger partial charge in [0.05, 0.1) is 10.0 Å². The molecule has 0 bridgehead atoms. The van der Waals surface area contributed by atoms with Gasteiger partial charge in [0.25, 0.3) is 5.56 Å². The second kappa shape index (κ2) is 7.00. The highest BCUT2D eigenvalue weighted by Crippen LogP contribution is 2.25. The Morgan fingerprint density at radius 3 is 2.44 bits per heavy atom. The van der Waals surface area contributed by atoms with Gasteiger partial charge in [-0.1, -0.05) is 40.9 Å². The molecule has 0 aliphatic carbocycles. The van der Waals surface area contributed by atoms with E-state index in [1.165, 1.54) is 0 Å². The van der Waals surface area contributed by atoms with Crippen molar-refractivity contribution in [1.82, 2.24) is 19.5 Å². The third-order valence-corrected chi connectivity index (χ3v) is 5.23. The van der Waals surface area contributed by atoms with Crippen molar-refractivity contribution in [3.63, 3.8) is 0 Å². The molecule has 0 atom stereocenters. The van der Waals surface area contributed by atoms with Gasteiger partial charge in [-0.2, -0.15) is 0 Å². The van der Waals surface area contributed by atoms with Gasteiger partial charge < -0.3 is 9.55 Å². The molecular formula is C19H13Cl3N4O. The smallest absolute Gasteiger partial charge is 0.279 e. The zero-order chi connectivity index (χ0) is 19.1. The first-order chi connectivity index (χ1) is 12.9. The lowest BCUT2D eigenvalue weighted by Crippen LogP contribution is -2.13. The predicted octanol–water partition coefficient (Wildman–Crippen LogP) is 4.87. The average molecular weight is 420 g/mol. The standard InChI is InChI=1S/C19H13Cl3N4O/c1-26-17(11-3-5-12(20)6-4-11)25-16-18(26)23-15(24-19(16)27)9-10-2-7-13(21)14(22)8-10/h2-8H,9H2,1H3,(H,23,24,27). The molecule has 136 valence electrons. The van der Waals surface area contributed by atoms with Gasteiger partial charge in [0.2, 0.25) is 0 Å². The van der Waals surface area contributed by atoms with Gasteiger partial charge >= 0.3 is 0 Å². The molecule has 0 aliphatic rings. The molecule has 2 heterocycles. The number of benzene rings is 2. The minimum atomic E-state index is -0.286. The van der Waals surface area contributed by atoms with Crippen LogP contribution in [-0.2, 0) is 13.5 Å². The lowest BCUT2D eigenvalue weighted by molar-refractivity contribution is 0.908. The number of hydrogen-bond acceptors (Lipinski definition) is 3. The van der Waals surface area contributed by atoms with Gasteiger partial charge in [0.1, 0.15) is 11.6 Å². The van der Waals surface area contributed by atoms with Gasteiger partial charge in [0, 0.05) is 24.1 Å². The highest BCUT2D eigenvalue weighted by atomic mass is 35.5. The summed E-state index contributed by atoms with van der Waals surface area (Å²) in [7, 11) is 1.83. The summed E-state index contributed by atoms with van der Waals surface area (Å²) in [6, 6.07) is 12.6. The van der Waals surface area contributed by atoms with E-state index in [2.05, 4.69) is 15.0 Å². The van der Waals surface area contributed by atoms with Crippen molar-refractivity contribution in [2.75, 3.05) is 0 Å². The molecule has 0 saturated heterocycles. The number of rotatable bonds is 3. The monoisotopic (exact) mass is 418 g/mol. The normalized spacial score (nSPS) is 11.3. The molecule has 8 heteroatoms. The van der Waals surface area contributed by atoms with Crippen LogP contribution < -0.4 is 5.56 Å². The molecule has 2 aromatic carbocycles. The summed E-state index contributed by atoms with van der Waals surface area (Å²) in [6.45, 7) is 0. The number of aryl methyl sites for hydroxylation is 1. The molecular weight excluding hydrogens is 407 g/mol. The molecule has 2 aromatic heterocycles. The molecule has 4 rings (SSSR count). The minimum Gasteiger partial charge on any atom is -0.312 e. The Morgan fingerprint density at radius 2 is 1.74 bits per heavy atom. The number of H-pyrrole nitrogens is 1. The highest BCUT2D eigenvalue weighted by Gasteiger charge is 2.15. The maximum Gasteiger partial charge on any atom is 0.279 e. The molecule has 27 heavy (non-hydrogen) atoms. The third-order valence-electron chi connectivity index (χ3n) is 4.24. The maximum atomic E-state index is 12.5. The number of aromatic amines is 1. The quantitative estimate of drug-likeness (QED) is 0.515. The van der Waals surface area contributed by atoms with Crippen molar-refractivity contribution in [2.45, 2.75) is 6.42 Å². The lowest BCUT2D eigenvalue weighted by atomic mass is 10.1. The Bertz CT molecular complexity index is 1210. The molecule has 0 unspecified atom stereocenters. The Labute approximate surface area is 169 Å². The third kappa shape index (κ3) is 3.46. The first-order valence-corrected chi connectivity index (χ1v) is 9.21. The molecule has 4 aromatic rings. The number of hydrogen-bond donors (Lipinski definition) is 1. The van der Waals surface area contributed by atoms with Crippen molar-refractivity contribution < 1.29 is 0 Å². The van der Waals surface area contributed by atoms with E-state index < -0.39 is 0 Å². The zero-order valence-corrected chi connectivity index (χ0v) is 16.4. The number of nitrogens with one attached hydrogen (secondary N) is 1. The highest BCUT2D eigenvalue weighted by molar-refractivity contribution is 6.42. The van der Waals surface area contributed by atoms with Crippen LogP contribution in [0, 0.1) is 0 Å². The van der Waals surface area contributed by atoms with Crippen molar-refractivity contribution >= 4 is 46.0 Å². The summed E-state index contributed by atoms with van der Waals surface area (Å²) in [5, 5.41) is 1.58. The first kappa shape index (κ1) is 18.0. The largest absolute Gasteiger partial charge is 0.312 e. The van der Waals surface area contributed by atoms with Crippen LogP contribution in [-0.4, -0.2) is 19.5 Å². The summed E-state index contributed by atoms with van der Waals surface area (Å²) >= 11 is 18.0. The molecule has 0 amide bonds. The van der Waals surface area contributed by atoms with Crippen LogP contribution in [0.4, 0.5) is 0 Å². The fourth-order valence-electron chi connectivity index (χ4n) is 2.90. The van der Waals surface area contributed by atoms with E-state index in [1.54, 1.807) is 28.8 Å². The molecule has 5 nitrogen and oxygen atoms in total. The fraction of sp³-hybridized carbons (Fsp3) is 0.105. The Kier molecular flexibility index (Phi) is 4.68. The van der Waals surface area contributed by atoms with Crippen molar-refractivity contribution in [2.24, 2.45) is 7.05 Å². The molecule has 0 radical (unpaired) electrons. The topological polar surface area (TPSA) is 63.6 Å². The van der Waals surface area contributed by atoms with Crippen LogP contribution in [0.1, 0.15) is 11.4 Å². The summed E-state index contributed by atoms with van der Waals surface area (Å²) < 4.78 is 1.80. The summed E-state index contributed by atoms with van der Waals surface area (Å²) in [6.07, 6.45) is 0.420. The number of aromatic nitrogens is 4. The van der Waals surface area contributed by atoms with Gasteiger partial charge in [-0.25, -0.2) is 9.97 Å². The second-order valence-corrected chi connectivity index (χ2v) is 7.36. The fourth-order valence-corrected chi connectivity index (χ4v) is 3.35. The van der Waals surface area contributed by atoms with E-state index in [1.807, 2.05) is 25.2 Å². The van der Waals surface area contributed by atoms with Crippen LogP contribution in [0.15, 0.2) is 47.3 Å². The van der Waals surface area contributed by atoms with E-state index in [4.69, 9.17) is 34.8 Å². The van der Waals surface area contributed by atoms with E-state index in [9.17, 15) is 4.79 Å². The van der Waals surface area contributed by atoms with Crippen LogP contribution in [0.5, 0.6) is 0 Å². The van der Waals surface area contributed by atoms with Gasteiger partial charge in [-0.3, -0.25) is 4.79 Å². The van der Waals surface area contributed by atoms with Crippen molar-refractivity contribution in [1.29, 1.82) is 0 Å². The number of fused-ring (bicyclic) bond motifs is 1. The Balaban J connectivity index is 1.78. The number of nitrogens with zero attached hydrogens (tertiary/aromatic N) is 3. The van der Waals surface area contributed by atoms with Crippen LogP contribution >= 0.6 is 34.8 Å². The van der Waals surface area contributed by atoms with Crippen molar-refractivity contribution in [3.8, 4) is 11.4 Å². The van der Waals surface area contributed by atoms with Crippen molar-refractivity contribution in [3.05, 3.63) is 79.3 Å². The molecule has 0 aliphatic heterocycles. The Morgan fingerprint density at radius 1 is 1.00 bits per heavy atom.